The van der Waals surface area contributed by atoms with Crippen molar-refractivity contribution in [3.8, 4) is 0 Å². The van der Waals surface area contributed by atoms with Gasteiger partial charge in [-0.3, -0.25) is 9.69 Å². The van der Waals surface area contributed by atoms with Gasteiger partial charge in [-0.1, -0.05) is 19.8 Å². The summed E-state index contributed by atoms with van der Waals surface area (Å²) in [5.41, 5.74) is -0.494. The van der Waals surface area contributed by atoms with Crippen LogP contribution in [0.5, 0.6) is 0 Å². The van der Waals surface area contributed by atoms with Crippen LogP contribution in [0, 0.1) is 5.41 Å². The maximum Gasteiger partial charge on any atom is 0.156 e. The number of rotatable bonds is 5. The third kappa shape index (κ3) is 2.55. The van der Waals surface area contributed by atoms with Gasteiger partial charge < -0.3 is 5.11 Å². The Hall–Kier alpha value is -0.410. The number of carbonyl (C=O) groups excluding carboxylic acids is 1. The summed E-state index contributed by atoms with van der Waals surface area (Å²) in [6.07, 6.45) is 3.59. The molecule has 0 radical (unpaired) electrons. The summed E-state index contributed by atoms with van der Waals surface area (Å²) in [7, 11) is 0. The van der Waals surface area contributed by atoms with E-state index in [1.54, 1.807) is 0 Å². The van der Waals surface area contributed by atoms with Crippen LogP contribution < -0.4 is 0 Å². The maximum atomic E-state index is 11.6. The Kier molecular flexibility index (Phi) is 4.08. The van der Waals surface area contributed by atoms with Crippen molar-refractivity contribution in [2.24, 2.45) is 5.41 Å². The smallest absolute Gasteiger partial charge is 0.156 e. The highest BCUT2D eigenvalue weighted by Crippen LogP contribution is 2.25. The van der Waals surface area contributed by atoms with Gasteiger partial charge in [-0.2, -0.15) is 0 Å². The first-order chi connectivity index (χ1) is 6.62. The first kappa shape index (κ1) is 11.7. The van der Waals surface area contributed by atoms with Crippen molar-refractivity contribution < 1.29 is 9.90 Å². The number of Topliss-reactive ketones (excluding diaryl/α,β-unsaturated/α-hetero) is 1. The quantitative estimate of drug-likeness (QED) is 0.673. The summed E-state index contributed by atoms with van der Waals surface area (Å²) in [5, 5.41) is 9.14. The lowest BCUT2D eigenvalue weighted by Crippen LogP contribution is -2.31. The molecular weight excluding hydrogens is 178 g/mol. The molecule has 0 spiro atoms. The SMILES string of the molecule is CCCCCN1CC(=O)C(C)(CO)C1. The minimum atomic E-state index is -0.494. The van der Waals surface area contributed by atoms with Crippen molar-refractivity contribution in [1.29, 1.82) is 0 Å². The highest BCUT2D eigenvalue weighted by molar-refractivity contribution is 5.88. The normalized spacial score (nSPS) is 28.6. The van der Waals surface area contributed by atoms with E-state index in [4.69, 9.17) is 5.11 Å². The van der Waals surface area contributed by atoms with Crippen LogP contribution in [-0.4, -0.2) is 42.0 Å². The summed E-state index contributed by atoms with van der Waals surface area (Å²) in [4.78, 5) is 13.7. The van der Waals surface area contributed by atoms with Crippen LogP contribution >= 0.6 is 0 Å². The van der Waals surface area contributed by atoms with E-state index in [0.717, 1.165) is 19.5 Å². The lowest BCUT2D eigenvalue weighted by Gasteiger charge is -2.19. The third-order valence-corrected chi connectivity index (χ3v) is 3.04. The van der Waals surface area contributed by atoms with Gasteiger partial charge in [-0.25, -0.2) is 0 Å². The Balaban J connectivity index is 2.35. The topological polar surface area (TPSA) is 40.5 Å². The molecule has 1 atom stereocenters. The predicted molar refractivity (Wildman–Crippen MR) is 56.2 cm³/mol. The van der Waals surface area contributed by atoms with Crippen LogP contribution in [-0.2, 0) is 4.79 Å². The predicted octanol–water partition coefficient (Wildman–Crippen LogP) is 1.06. The van der Waals surface area contributed by atoms with Crippen LogP contribution in [0.15, 0.2) is 0 Å². The summed E-state index contributed by atoms with van der Waals surface area (Å²) in [6, 6.07) is 0. The zero-order valence-electron chi connectivity index (χ0n) is 9.25. The van der Waals surface area contributed by atoms with Gasteiger partial charge in [-0.15, -0.1) is 0 Å². The molecule has 82 valence electrons. The van der Waals surface area contributed by atoms with E-state index in [9.17, 15) is 4.79 Å². The number of aliphatic hydroxyl groups excluding tert-OH is 1. The van der Waals surface area contributed by atoms with Crippen molar-refractivity contribution in [3.05, 3.63) is 0 Å². The summed E-state index contributed by atoms with van der Waals surface area (Å²) < 4.78 is 0. The Morgan fingerprint density at radius 3 is 2.71 bits per heavy atom. The molecule has 14 heavy (non-hydrogen) atoms. The lowest BCUT2D eigenvalue weighted by atomic mass is 9.90. The molecule has 1 aliphatic heterocycles. The van der Waals surface area contributed by atoms with Crippen molar-refractivity contribution in [2.45, 2.75) is 33.1 Å². The Bertz CT molecular complexity index is 205. The first-order valence-corrected chi connectivity index (χ1v) is 5.49. The monoisotopic (exact) mass is 199 g/mol. The number of hydrogen-bond donors (Lipinski definition) is 1. The fourth-order valence-corrected chi connectivity index (χ4v) is 1.91. The molecule has 0 amide bonds. The highest BCUT2D eigenvalue weighted by atomic mass is 16.3. The van der Waals surface area contributed by atoms with Gasteiger partial charge in [0.25, 0.3) is 0 Å². The molecule has 3 nitrogen and oxygen atoms in total. The van der Waals surface area contributed by atoms with Gasteiger partial charge in [0, 0.05) is 6.54 Å². The summed E-state index contributed by atoms with van der Waals surface area (Å²) in [5.74, 6) is 0.191. The van der Waals surface area contributed by atoms with Crippen molar-refractivity contribution in [3.63, 3.8) is 0 Å². The van der Waals surface area contributed by atoms with Crippen molar-refractivity contribution in [1.82, 2.24) is 4.90 Å². The second-order valence-electron chi connectivity index (χ2n) is 4.56. The summed E-state index contributed by atoms with van der Waals surface area (Å²) in [6.45, 7) is 6.26. The maximum absolute atomic E-state index is 11.6. The molecule has 1 aliphatic rings. The van der Waals surface area contributed by atoms with Crippen LogP contribution in [0.1, 0.15) is 33.1 Å². The third-order valence-electron chi connectivity index (χ3n) is 3.04. The molecule has 1 unspecified atom stereocenters. The average molecular weight is 199 g/mol. The van der Waals surface area contributed by atoms with Crippen LogP contribution in [0.4, 0.5) is 0 Å². The Morgan fingerprint density at radius 2 is 2.21 bits per heavy atom. The minimum Gasteiger partial charge on any atom is -0.395 e. The molecule has 1 heterocycles. The standard InChI is InChI=1S/C11H21NO2/c1-3-4-5-6-12-7-10(14)11(2,8-12)9-13/h13H,3-9H2,1-2H3. The molecular formula is C11H21NO2. The van der Waals surface area contributed by atoms with E-state index in [1.807, 2.05) is 6.92 Å². The van der Waals surface area contributed by atoms with Crippen LogP contribution in [0.25, 0.3) is 0 Å². The van der Waals surface area contributed by atoms with E-state index in [-0.39, 0.29) is 12.4 Å². The molecule has 1 N–H and O–H groups in total. The molecule has 0 bridgehead atoms. The van der Waals surface area contributed by atoms with E-state index < -0.39 is 5.41 Å². The molecule has 1 saturated heterocycles. The zero-order valence-corrected chi connectivity index (χ0v) is 9.25. The van der Waals surface area contributed by atoms with Gasteiger partial charge in [0.15, 0.2) is 5.78 Å². The largest absolute Gasteiger partial charge is 0.395 e. The zero-order chi connectivity index (χ0) is 10.6. The number of carbonyl (C=O) groups is 1. The molecule has 0 aromatic carbocycles. The van der Waals surface area contributed by atoms with E-state index in [0.29, 0.717) is 6.54 Å². The second kappa shape index (κ2) is 4.89. The molecule has 0 aromatic rings. The fourth-order valence-electron chi connectivity index (χ4n) is 1.91. The number of hydrogen-bond acceptors (Lipinski definition) is 3. The van der Waals surface area contributed by atoms with E-state index >= 15 is 0 Å². The van der Waals surface area contributed by atoms with E-state index in [1.165, 1.54) is 12.8 Å². The molecule has 1 fully saturated rings. The number of likely N-dealkylation sites (tertiary alicyclic amines) is 1. The fraction of sp³-hybridized carbons (Fsp3) is 0.909. The van der Waals surface area contributed by atoms with Gasteiger partial charge in [0.2, 0.25) is 0 Å². The van der Waals surface area contributed by atoms with Crippen LogP contribution in [0.2, 0.25) is 0 Å². The number of ketones is 1. The first-order valence-electron chi connectivity index (χ1n) is 5.49. The summed E-state index contributed by atoms with van der Waals surface area (Å²) >= 11 is 0. The highest BCUT2D eigenvalue weighted by Gasteiger charge is 2.40. The van der Waals surface area contributed by atoms with Crippen molar-refractivity contribution in [2.75, 3.05) is 26.2 Å². The van der Waals surface area contributed by atoms with Gasteiger partial charge in [-0.05, 0) is 19.9 Å². The van der Waals surface area contributed by atoms with E-state index in [2.05, 4.69) is 11.8 Å². The van der Waals surface area contributed by atoms with Crippen molar-refractivity contribution >= 4 is 5.78 Å². The minimum absolute atomic E-state index is 0.0177. The molecule has 0 saturated carbocycles. The van der Waals surface area contributed by atoms with Gasteiger partial charge in [0.05, 0.1) is 18.6 Å². The van der Waals surface area contributed by atoms with Gasteiger partial charge >= 0.3 is 0 Å². The number of nitrogens with zero attached hydrogens (tertiary/aromatic N) is 1. The van der Waals surface area contributed by atoms with Gasteiger partial charge in [0.1, 0.15) is 0 Å². The molecule has 0 aromatic heterocycles. The molecule has 3 heteroatoms. The average Bonchev–Trinajstić information content (AvgIpc) is 2.44. The molecule has 0 aliphatic carbocycles. The Morgan fingerprint density at radius 1 is 1.50 bits per heavy atom. The number of unbranched alkanes of at least 4 members (excludes halogenated alkanes) is 2. The Labute approximate surface area is 86.1 Å². The molecule has 1 rings (SSSR count). The second-order valence-corrected chi connectivity index (χ2v) is 4.56. The van der Waals surface area contributed by atoms with Crippen LogP contribution in [0.3, 0.4) is 0 Å². The number of aliphatic hydroxyl groups is 1. The lowest BCUT2D eigenvalue weighted by molar-refractivity contribution is -0.125.